The number of carbonyl (C=O) groups is 3. The van der Waals surface area contributed by atoms with Crippen molar-refractivity contribution in [2.24, 2.45) is 0 Å². The molecule has 0 aliphatic carbocycles. The molecule has 2 unspecified atom stereocenters. The zero-order chi connectivity index (χ0) is 21.0. The number of methoxy groups -OCH3 is 1. The Labute approximate surface area is 175 Å². The number of urea groups is 1. The van der Waals surface area contributed by atoms with E-state index >= 15 is 0 Å². The summed E-state index contributed by atoms with van der Waals surface area (Å²) in [6.07, 6.45) is 3.54. The number of nitrogens with zero attached hydrogens (tertiary/aromatic N) is 3. The van der Waals surface area contributed by atoms with E-state index in [-0.39, 0.29) is 18.4 Å². The van der Waals surface area contributed by atoms with Crippen molar-refractivity contribution in [1.29, 1.82) is 0 Å². The molecular weight excluding hydrogens is 390 g/mol. The van der Waals surface area contributed by atoms with Crippen molar-refractivity contribution in [3.8, 4) is 5.75 Å². The highest BCUT2D eigenvalue weighted by molar-refractivity contribution is 8.03. The summed E-state index contributed by atoms with van der Waals surface area (Å²) in [5, 5.41) is 1.37. The third-order valence-electron chi connectivity index (χ3n) is 5.04. The molecule has 1 saturated heterocycles. The molecule has 1 aromatic rings. The number of fused-ring (bicyclic) bond motifs is 1. The van der Waals surface area contributed by atoms with Gasteiger partial charge < -0.3 is 14.5 Å². The molecule has 2 aliphatic rings. The number of rotatable bonds is 8. The normalized spacial score (nSPS) is 20.8. The van der Waals surface area contributed by atoms with Crippen molar-refractivity contribution < 1.29 is 19.1 Å². The molecule has 0 N–H and O–H groups in total. The third-order valence-corrected chi connectivity index (χ3v) is 6.13. The van der Waals surface area contributed by atoms with Crippen LogP contribution in [0.4, 0.5) is 10.5 Å². The van der Waals surface area contributed by atoms with Gasteiger partial charge in [0.15, 0.2) is 0 Å². The number of carbonyl (C=O) groups excluding carboxylic acids is 3. The maximum absolute atomic E-state index is 13.4. The summed E-state index contributed by atoms with van der Waals surface area (Å²) < 4.78 is 5.36. The molecule has 0 saturated carbocycles. The second-order valence-electron chi connectivity index (χ2n) is 7.01. The topological polar surface area (TPSA) is 70.2 Å². The summed E-state index contributed by atoms with van der Waals surface area (Å²) in [6.45, 7) is 5.31. The van der Waals surface area contributed by atoms with Gasteiger partial charge in [-0.3, -0.25) is 9.59 Å². The SMILES string of the molecule is CCCN(CCC)C(=O)CN1C(=O)N(c2ccccc2OC)C(=O)C2SC=CC21. The summed E-state index contributed by atoms with van der Waals surface area (Å²) in [7, 11) is 1.50. The average molecular weight is 418 g/mol. The van der Waals surface area contributed by atoms with E-state index in [4.69, 9.17) is 4.74 Å². The van der Waals surface area contributed by atoms with Crippen LogP contribution >= 0.6 is 11.8 Å². The number of hydrogen-bond acceptors (Lipinski definition) is 5. The van der Waals surface area contributed by atoms with Crippen LogP contribution in [0.5, 0.6) is 5.75 Å². The van der Waals surface area contributed by atoms with Gasteiger partial charge in [0.05, 0.1) is 18.8 Å². The Balaban J connectivity index is 1.92. The van der Waals surface area contributed by atoms with Gasteiger partial charge >= 0.3 is 6.03 Å². The molecule has 3 rings (SSSR count). The summed E-state index contributed by atoms with van der Waals surface area (Å²) in [4.78, 5) is 43.9. The molecule has 8 heteroatoms. The van der Waals surface area contributed by atoms with Crippen LogP contribution in [0.2, 0.25) is 0 Å². The second kappa shape index (κ2) is 9.35. The van der Waals surface area contributed by atoms with Crippen molar-refractivity contribution in [3.05, 3.63) is 35.7 Å². The Bertz CT molecular complexity index is 807. The van der Waals surface area contributed by atoms with Gasteiger partial charge in [0.1, 0.15) is 17.5 Å². The molecule has 1 fully saturated rings. The lowest BCUT2D eigenvalue weighted by atomic mass is 10.1. The van der Waals surface area contributed by atoms with Crippen LogP contribution in [0.25, 0.3) is 0 Å². The number of hydrogen-bond donors (Lipinski definition) is 0. The second-order valence-corrected chi connectivity index (χ2v) is 8.06. The highest BCUT2D eigenvalue weighted by atomic mass is 32.2. The number of anilines is 1. The quantitative estimate of drug-likeness (QED) is 0.650. The van der Waals surface area contributed by atoms with Gasteiger partial charge in [-0.15, -0.1) is 11.8 Å². The summed E-state index contributed by atoms with van der Waals surface area (Å²) >= 11 is 1.38. The minimum atomic E-state index is -0.491. The first kappa shape index (κ1) is 21.2. The molecule has 2 heterocycles. The van der Waals surface area contributed by atoms with E-state index in [1.54, 1.807) is 29.2 Å². The lowest BCUT2D eigenvalue weighted by Crippen LogP contribution is -2.63. The Hall–Kier alpha value is -2.48. The van der Waals surface area contributed by atoms with Gasteiger partial charge in [-0.05, 0) is 30.4 Å². The van der Waals surface area contributed by atoms with E-state index in [1.165, 1.54) is 23.8 Å². The summed E-state index contributed by atoms with van der Waals surface area (Å²) in [5.41, 5.74) is 0.396. The van der Waals surface area contributed by atoms with Crippen molar-refractivity contribution in [1.82, 2.24) is 9.80 Å². The van der Waals surface area contributed by atoms with E-state index in [9.17, 15) is 14.4 Å². The van der Waals surface area contributed by atoms with Crippen LogP contribution < -0.4 is 9.64 Å². The average Bonchev–Trinajstić information content (AvgIpc) is 3.21. The fourth-order valence-electron chi connectivity index (χ4n) is 3.70. The van der Waals surface area contributed by atoms with Crippen LogP contribution in [0.3, 0.4) is 0 Å². The van der Waals surface area contributed by atoms with Gasteiger partial charge in [0.2, 0.25) is 5.91 Å². The standard InChI is InChI=1S/C21H27N3O4S/c1-4-11-22(12-5-2)18(25)14-23-16-10-13-29-19(16)20(26)24(21(23)27)15-8-6-7-9-17(15)28-3/h6-10,13,16,19H,4-5,11-12,14H2,1-3H3. The van der Waals surface area contributed by atoms with E-state index in [1.807, 2.05) is 25.3 Å². The molecule has 0 bridgehead atoms. The first-order chi connectivity index (χ1) is 14.0. The molecule has 7 nitrogen and oxygen atoms in total. The molecule has 0 radical (unpaired) electrons. The summed E-state index contributed by atoms with van der Waals surface area (Å²) in [6, 6.07) is 6.02. The fraction of sp³-hybridized carbons (Fsp3) is 0.476. The maximum Gasteiger partial charge on any atom is 0.332 e. The number of amides is 4. The zero-order valence-electron chi connectivity index (χ0n) is 17.0. The van der Waals surface area contributed by atoms with Gasteiger partial charge in [-0.25, -0.2) is 9.69 Å². The highest BCUT2D eigenvalue weighted by Crippen LogP contribution is 2.38. The van der Waals surface area contributed by atoms with Gasteiger partial charge in [-0.2, -0.15) is 0 Å². The molecule has 156 valence electrons. The minimum absolute atomic E-state index is 0.0518. The lowest BCUT2D eigenvalue weighted by molar-refractivity contribution is -0.133. The predicted octanol–water partition coefficient (Wildman–Crippen LogP) is 3.11. The number of benzene rings is 1. The van der Waals surface area contributed by atoms with E-state index in [0.717, 1.165) is 17.7 Å². The number of imide groups is 1. The van der Waals surface area contributed by atoms with Crippen LogP contribution in [-0.4, -0.2) is 65.7 Å². The fourth-order valence-corrected chi connectivity index (χ4v) is 4.74. The van der Waals surface area contributed by atoms with Crippen molar-refractivity contribution >= 4 is 35.3 Å². The van der Waals surface area contributed by atoms with Gasteiger partial charge in [0.25, 0.3) is 5.91 Å². The minimum Gasteiger partial charge on any atom is -0.495 e. The predicted molar refractivity (Wildman–Crippen MR) is 114 cm³/mol. The van der Waals surface area contributed by atoms with Crippen molar-refractivity contribution in [3.63, 3.8) is 0 Å². The number of ether oxygens (including phenoxy) is 1. The lowest BCUT2D eigenvalue weighted by Gasteiger charge is -2.41. The van der Waals surface area contributed by atoms with E-state index in [2.05, 4.69) is 0 Å². The zero-order valence-corrected chi connectivity index (χ0v) is 17.9. The van der Waals surface area contributed by atoms with Crippen LogP contribution in [0.1, 0.15) is 26.7 Å². The molecule has 1 aromatic carbocycles. The first-order valence-electron chi connectivity index (χ1n) is 9.90. The maximum atomic E-state index is 13.4. The van der Waals surface area contributed by atoms with Crippen LogP contribution in [-0.2, 0) is 9.59 Å². The molecule has 0 spiro atoms. The molecule has 29 heavy (non-hydrogen) atoms. The molecular formula is C21H27N3O4S. The van der Waals surface area contributed by atoms with Crippen LogP contribution in [0, 0.1) is 0 Å². The van der Waals surface area contributed by atoms with Gasteiger partial charge in [-0.1, -0.05) is 32.1 Å². The number of para-hydroxylation sites is 2. The van der Waals surface area contributed by atoms with Crippen LogP contribution in [0.15, 0.2) is 35.7 Å². The Morgan fingerprint density at radius 2 is 1.86 bits per heavy atom. The Kier molecular flexibility index (Phi) is 6.84. The van der Waals surface area contributed by atoms with Crippen molar-refractivity contribution in [2.75, 3.05) is 31.6 Å². The van der Waals surface area contributed by atoms with E-state index in [0.29, 0.717) is 24.5 Å². The third kappa shape index (κ3) is 4.12. The first-order valence-corrected chi connectivity index (χ1v) is 10.8. The number of thioether (sulfide) groups is 1. The smallest absolute Gasteiger partial charge is 0.332 e. The van der Waals surface area contributed by atoms with Gasteiger partial charge in [0, 0.05) is 13.1 Å². The molecule has 2 atom stereocenters. The van der Waals surface area contributed by atoms with E-state index < -0.39 is 17.3 Å². The highest BCUT2D eigenvalue weighted by Gasteiger charge is 2.49. The summed E-state index contributed by atoms with van der Waals surface area (Å²) in [5.74, 6) is 0.0519. The Morgan fingerprint density at radius 3 is 2.52 bits per heavy atom. The molecule has 4 amide bonds. The molecule has 2 aliphatic heterocycles. The monoisotopic (exact) mass is 417 g/mol. The Morgan fingerprint density at radius 1 is 1.17 bits per heavy atom. The largest absolute Gasteiger partial charge is 0.495 e. The van der Waals surface area contributed by atoms with Crippen molar-refractivity contribution in [2.45, 2.75) is 38.0 Å². The molecule has 0 aromatic heterocycles.